The fraction of sp³-hybridized carbons (Fsp3) is 0.217. The minimum Gasteiger partial charge on any atom is -0.482 e. The Hall–Kier alpha value is -3.10. The van der Waals surface area contributed by atoms with Gasteiger partial charge in [-0.15, -0.1) is 0 Å². The SMILES string of the molecule is CCc1nc(SC(C)C(=O)c2ccc3c(c2)NC(=O)CO3)nc(N)c1-c1ccc(Cl)cc1. The van der Waals surface area contributed by atoms with E-state index in [0.29, 0.717) is 39.4 Å². The molecule has 1 atom stereocenters. The van der Waals surface area contributed by atoms with Gasteiger partial charge >= 0.3 is 0 Å². The summed E-state index contributed by atoms with van der Waals surface area (Å²) >= 11 is 7.24. The fourth-order valence-electron chi connectivity index (χ4n) is 3.43. The zero-order chi connectivity index (χ0) is 22.8. The molecule has 2 heterocycles. The van der Waals surface area contributed by atoms with Gasteiger partial charge in [-0.25, -0.2) is 9.97 Å². The van der Waals surface area contributed by atoms with Gasteiger partial charge in [0.2, 0.25) is 0 Å². The lowest BCUT2D eigenvalue weighted by atomic mass is 10.0. The third-order valence-electron chi connectivity index (χ3n) is 5.01. The molecule has 0 bridgehead atoms. The number of halogens is 1. The molecule has 1 amide bonds. The first-order valence-electron chi connectivity index (χ1n) is 10.1. The number of ketones is 1. The van der Waals surface area contributed by atoms with Crippen molar-refractivity contribution in [3.05, 3.63) is 58.7 Å². The number of carbonyl (C=O) groups is 2. The van der Waals surface area contributed by atoms with E-state index in [9.17, 15) is 9.59 Å². The second kappa shape index (κ2) is 9.18. The van der Waals surface area contributed by atoms with E-state index in [-0.39, 0.29) is 18.3 Å². The number of nitrogens with one attached hydrogen (secondary N) is 1. The minimum absolute atomic E-state index is 0.0307. The van der Waals surface area contributed by atoms with Crippen molar-refractivity contribution in [2.75, 3.05) is 17.7 Å². The van der Waals surface area contributed by atoms with E-state index >= 15 is 0 Å². The first-order chi connectivity index (χ1) is 15.4. The molecular weight excluding hydrogens is 448 g/mol. The van der Waals surface area contributed by atoms with Crippen molar-refractivity contribution in [1.29, 1.82) is 0 Å². The second-order valence-electron chi connectivity index (χ2n) is 7.25. The van der Waals surface area contributed by atoms with Crippen LogP contribution in [0.25, 0.3) is 11.1 Å². The molecule has 0 saturated heterocycles. The molecule has 0 aliphatic carbocycles. The van der Waals surface area contributed by atoms with Gasteiger partial charge in [-0.1, -0.05) is 42.4 Å². The minimum atomic E-state index is -0.459. The molecule has 3 N–H and O–H groups in total. The van der Waals surface area contributed by atoms with Crippen molar-refractivity contribution in [3.63, 3.8) is 0 Å². The molecule has 2 aromatic carbocycles. The number of aryl methyl sites for hydroxylation is 1. The van der Waals surface area contributed by atoms with E-state index in [2.05, 4.69) is 15.3 Å². The first kappa shape index (κ1) is 22.1. The predicted molar refractivity (Wildman–Crippen MR) is 126 cm³/mol. The molecule has 164 valence electrons. The van der Waals surface area contributed by atoms with Gasteiger partial charge in [-0.3, -0.25) is 9.59 Å². The molecule has 0 spiro atoms. The number of benzene rings is 2. The summed E-state index contributed by atoms with van der Waals surface area (Å²) in [5.41, 5.74) is 9.71. The molecule has 0 radical (unpaired) electrons. The number of anilines is 2. The standard InChI is InChI=1S/C23H21ClN4O3S/c1-3-16-20(13-4-7-15(24)8-5-13)22(25)28-23(27-16)32-12(2)21(30)14-6-9-18-17(10-14)26-19(29)11-31-18/h4-10,12H,3,11H2,1-2H3,(H,26,29)(H2,25,27,28). The summed E-state index contributed by atoms with van der Waals surface area (Å²) < 4.78 is 5.35. The lowest BCUT2D eigenvalue weighted by molar-refractivity contribution is -0.118. The molecule has 0 saturated carbocycles. The topological polar surface area (TPSA) is 107 Å². The molecule has 1 aliphatic rings. The Balaban J connectivity index is 1.56. The van der Waals surface area contributed by atoms with Crippen molar-refractivity contribution in [2.45, 2.75) is 30.7 Å². The van der Waals surface area contributed by atoms with E-state index < -0.39 is 5.25 Å². The van der Waals surface area contributed by atoms with E-state index in [4.69, 9.17) is 22.1 Å². The summed E-state index contributed by atoms with van der Waals surface area (Å²) in [6.45, 7) is 3.75. The number of thioether (sulfide) groups is 1. The summed E-state index contributed by atoms with van der Waals surface area (Å²) in [6, 6.07) is 12.4. The van der Waals surface area contributed by atoms with Crippen LogP contribution in [0.1, 0.15) is 29.9 Å². The quantitative estimate of drug-likeness (QED) is 0.308. The van der Waals surface area contributed by atoms with Crippen LogP contribution >= 0.6 is 23.4 Å². The van der Waals surface area contributed by atoms with E-state index in [1.54, 1.807) is 37.3 Å². The van der Waals surface area contributed by atoms with E-state index in [0.717, 1.165) is 16.8 Å². The molecule has 9 heteroatoms. The highest BCUT2D eigenvalue weighted by Gasteiger charge is 2.23. The summed E-state index contributed by atoms with van der Waals surface area (Å²) in [6.07, 6.45) is 0.658. The Kier molecular flexibility index (Phi) is 6.34. The monoisotopic (exact) mass is 468 g/mol. The van der Waals surface area contributed by atoms with Crippen LogP contribution in [0.5, 0.6) is 5.75 Å². The number of carbonyl (C=O) groups excluding carboxylic acids is 2. The molecule has 1 aromatic heterocycles. The molecule has 7 nitrogen and oxygen atoms in total. The molecular formula is C23H21ClN4O3S. The maximum Gasteiger partial charge on any atom is 0.262 e. The van der Waals surface area contributed by atoms with Crippen molar-refractivity contribution >= 4 is 46.6 Å². The number of nitrogens with two attached hydrogens (primary N) is 1. The Morgan fingerprint density at radius 1 is 1.25 bits per heavy atom. The molecule has 32 heavy (non-hydrogen) atoms. The predicted octanol–water partition coefficient (Wildman–Crippen LogP) is 4.64. The number of nitrogens with zero attached hydrogens (tertiary/aromatic N) is 2. The zero-order valence-electron chi connectivity index (χ0n) is 17.5. The smallest absolute Gasteiger partial charge is 0.262 e. The number of nitrogen functional groups attached to an aromatic ring is 1. The van der Waals surface area contributed by atoms with Gasteiger partial charge in [-0.2, -0.15) is 0 Å². The van der Waals surface area contributed by atoms with Gasteiger partial charge in [0.1, 0.15) is 11.6 Å². The summed E-state index contributed by atoms with van der Waals surface area (Å²) in [4.78, 5) is 33.7. The van der Waals surface area contributed by atoms with Crippen LogP contribution in [-0.4, -0.2) is 33.5 Å². The summed E-state index contributed by atoms with van der Waals surface area (Å²) in [5, 5.41) is 3.34. The van der Waals surface area contributed by atoms with Crippen molar-refractivity contribution < 1.29 is 14.3 Å². The van der Waals surface area contributed by atoms with Crippen LogP contribution in [-0.2, 0) is 11.2 Å². The van der Waals surface area contributed by atoms with Crippen molar-refractivity contribution in [2.24, 2.45) is 0 Å². The van der Waals surface area contributed by atoms with Crippen molar-refractivity contribution in [3.8, 4) is 16.9 Å². The third kappa shape index (κ3) is 4.56. The van der Waals surface area contributed by atoms with Crippen LogP contribution in [0.15, 0.2) is 47.6 Å². The van der Waals surface area contributed by atoms with Gasteiger partial charge in [-0.05, 0) is 49.2 Å². The van der Waals surface area contributed by atoms with E-state index in [1.165, 1.54) is 11.8 Å². The summed E-state index contributed by atoms with van der Waals surface area (Å²) in [5.74, 6) is 0.541. The maximum atomic E-state index is 13.0. The van der Waals surface area contributed by atoms with Crippen LogP contribution in [0.2, 0.25) is 5.02 Å². The zero-order valence-corrected chi connectivity index (χ0v) is 19.1. The number of amides is 1. The van der Waals surface area contributed by atoms with Gasteiger partial charge in [0.25, 0.3) is 5.91 Å². The van der Waals surface area contributed by atoms with Gasteiger partial charge in [0.05, 0.1) is 16.6 Å². The lowest BCUT2D eigenvalue weighted by Gasteiger charge is -2.19. The van der Waals surface area contributed by atoms with Crippen LogP contribution in [0, 0.1) is 0 Å². The molecule has 3 aromatic rings. The highest BCUT2D eigenvalue weighted by atomic mass is 35.5. The average molecular weight is 469 g/mol. The lowest BCUT2D eigenvalue weighted by Crippen LogP contribution is -2.25. The first-order valence-corrected chi connectivity index (χ1v) is 11.3. The Bertz CT molecular complexity index is 1200. The number of ether oxygens (including phenoxy) is 1. The number of hydrogen-bond acceptors (Lipinski definition) is 7. The van der Waals surface area contributed by atoms with Gasteiger partial charge < -0.3 is 15.8 Å². The normalized spacial score (nSPS) is 13.7. The Morgan fingerprint density at radius 3 is 2.72 bits per heavy atom. The largest absolute Gasteiger partial charge is 0.482 e. The fourth-order valence-corrected chi connectivity index (χ4v) is 4.42. The Morgan fingerprint density at radius 2 is 2.00 bits per heavy atom. The third-order valence-corrected chi connectivity index (χ3v) is 6.22. The average Bonchev–Trinajstić information content (AvgIpc) is 2.78. The molecule has 1 aliphatic heterocycles. The number of hydrogen-bond donors (Lipinski definition) is 2. The van der Waals surface area contributed by atoms with E-state index in [1.807, 2.05) is 19.1 Å². The number of aromatic nitrogens is 2. The maximum absolute atomic E-state index is 13.0. The van der Waals surface area contributed by atoms with Crippen LogP contribution in [0.3, 0.4) is 0 Å². The molecule has 4 rings (SSSR count). The Labute approximate surface area is 194 Å². The van der Waals surface area contributed by atoms with Gasteiger partial charge in [0, 0.05) is 16.1 Å². The molecule has 0 fully saturated rings. The highest BCUT2D eigenvalue weighted by Crippen LogP contribution is 2.34. The van der Waals surface area contributed by atoms with Crippen molar-refractivity contribution in [1.82, 2.24) is 9.97 Å². The number of rotatable bonds is 6. The second-order valence-corrected chi connectivity index (χ2v) is 8.99. The summed E-state index contributed by atoms with van der Waals surface area (Å²) in [7, 11) is 0. The van der Waals surface area contributed by atoms with Crippen LogP contribution < -0.4 is 15.8 Å². The highest BCUT2D eigenvalue weighted by molar-refractivity contribution is 8.00. The molecule has 1 unspecified atom stereocenters. The number of fused-ring (bicyclic) bond motifs is 1. The van der Waals surface area contributed by atoms with Gasteiger partial charge in [0.15, 0.2) is 17.5 Å². The number of Topliss-reactive ketones (excluding diaryl/α,β-unsaturated/α-hetero) is 1. The van der Waals surface area contributed by atoms with Crippen LogP contribution in [0.4, 0.5) is 11.5 Å².